The highest BCUT2D eigenvalue weighted by atomic mass is 35.5. The first-order chi connectivity index (χ1) is 9.65. The minimum Gasteiger partial charge on any atom is -0.493 e. The first-order valence-electron chi connectivity index (χ1n) is 6.93. The number of rotatable bonds is 4. The lowest BCUT2D eigenvalue weighted by molar-refractivity contribution is 0.0922. The van der Waals surface area contributed by atoms with Crippen molar-refractivity contribution in [2.24, 2.45) is 5.73 Å². The van der Waals surface area contributed by atoms with Gasteiger partial charge in [0.1, 0.15) is 0 Å². The van der Waals surface area contributed by atoms with Crippen LogP contribution in [0.1, 0.15) is 36.0 Å². The van der Waals surface area contributed by atoms with Gasteiger partial charge in [-0.3, -0.25) is 4.79 Å². The summed E-state index contributed by atoms with van der Waals surface area (Å²) in [6.45, 7) is 0. The Morgan fingerprint density at radius 1 is 1.19 bits per heavy atom. The van der Waals surface area contributed by atoms with Gasteiger partial charge < -0.3 is 20.5 Å². The number of halogens is 1. The average Bonchev–Trinajstić information content (AvgIpc) is 2.48. The molecule has 2 rings (SSSR count). The molecule has 1 saturated carbocycles. The van der Waals surface area contributed by atoms with E-state index in [4.69, 9.17) is 15.2 Å². The fourth-order valence-corrected chi connectivity index (χ4v) is 2.59. The van der Waals surface area contributed by atoms with Crippen LogP contribution in [0.2, 0.25) is 0 Å². The number of amides is 1. The van der Waals surface area contributed by atoms with E-state index in [0.717, 1.165) is 25.7 Å². The third kappa shape index (κ3) is 4.25. The molecule has 0 aliphatic heterocycles. The molecular weight excluding hydrogens is 292 g/mol. The Balaban J connectivity index is 0.00000220. The van der Waals surface area contributed by atoms with Gasteiger partial charge in [-0.15, -0.1) is 12.4 Å². The van der Waals surface area contributed by atoms with E-state index in [0.29, 0.717) is 17.1 Å². The average molecular weight is 315 g/mol. The standard InChI is InChI=1S/C15H22N2O3.ClH/c1-19-13-5-3-4-12(14(13)20-2)15(18)17-11-8-6-10(16)7-9-11;/h3-5,10-11H,6-9,16H2,1-2H3,(H,17,18);1H. The number of para-hydroxylation sites is 1. The minimum absolute atomic E-state index is 0. The van der Waals surface area contributed by atoms with Crippen LogP contribution in [0.5, 0.6) is 11.5 Å². The Kier molecular flexibility index (Phi) is 6.78. The highest BCUT2D eigenvalue weighted by Crippen LogP contribution is 2.30. The quantitative estimate of drug-likeness (QED) is 0.893. The zero-order chi connectivity index (χ0) is 14.5. The van der Waals surface area contributed by atoms with Crippen molar-refractivity contribution in [1.82, 2.24) is 5.32 Å². The second-order valence-electron chi connectivity index (χ2n) is 5.13. The molecule has 21 heavy (non-hydrogen) atoms. The maximum Gasteiger partial charge on any atom is 0.255 e. The Hall–Kier alpha value is -1.46. The predicted octanol–water partition coefficient (Wildman–Crippen LogP) is 2.13. The van der Waals surface area contributed by atoms with Crippen LogP contribution in [-0.2, 0) is 0 Å². The molecule has 0 heterocycles. The van der Waals surface area contributed by atoms with E-state index in [1.807, 2.05) is 0 Å². The zero-order valence-corrected chi connectivity index (χ0v) is 13.2. The molecule has 0 saturated heterocycles. The smallest absolute Gasteiger partial charge is 0.255 e. The van der Waals surface area contributed by atoms with Gasteiger partial charge in [0, 0.05) is 12.1 Å². The van der Waals surface area contributed by atoms with Crippen molar-refractivity contribution in [2.75, 3.05) is 14.2 Å². The third-order valence-corrected chi connectivity index (χ3v) is 3.75. The highest BCUT2D eigenvalue weighted by Gasteiger charge is 2.23. The van der Waals surface area contributed by atoms with Crippen LogP contribution in [0.15, 0.2) is 18.2 Å². The van der Waals surface area contributed by atoms with Crippen molar-refractivity contribution in [2.45, 2.75) is 37.8 Å². The second kappa shape index (κ2) is 8.10. The van der Waals surface area contributed by atoms with Gasteiger partial charge in [-0.25, -0.2) is 0 Å². The molecule has 118 valence electrons. The van der Waals surface area contributed by atoms with Crippen molar-refractivity contribution in [3.63, 3.8) is 0 Å². The van der Waals surface area contributed by atoms with Crippen molar-refractivity contribution in [3.05, 3.63) is 23.8 Å². The van der Waals surface area contributed by atoms with Crippen LogP contribution in [0.3, 0.4) is 0 Å². The Labute approximate surface area is 131 Å². The first-order valence-corrected chi connectivity index (χ1v) is 6.93. The summed E-state index contributed by atoms with van der Waals surface area (Å²) in [6, 6.07) is 5.76. The molecule has 5 nitrogen and oxygen atoms in total. The Morgan fingerprint density at radius 3 is 2.43 bits per heavy atom. The van der Waals surface area contributed by atoms with Crippen LogP contribution >= 0.6 is 12.4 Å². The molecule has 0 aromatic heterocycles. The summed E-state index contributed by atoms with van der Waals surface area (Å²) >= 11 is 0. The van der Waals surface area contributed by atoms with Gasteiger partial charge in [-0.05, 0) is 37.8 Å². The van der Waals surface area contributed by atoms with Crippen LogP contribution in [-0.4, -0.2) is 32.2 Å². The van der Waals surface area contributed by atoms with E-state index in [-0.39, 0.29) is 30.4 Å². The Bertz CT molecular complexity index is 474. The largest absolute Gasteiger partial charge is 0.493 e. The SMILES string of the molecule is COc1cccc(C(=O)NC2CCC(N)CC2)c1OC.Cl. The highest BCUT2D eigenvalue weighted by molar-refractivity contribution is 5.98. The number of ether oxygens (including phenoxy) is 2. The lowest BCUT2D eigenvalue weighted by Crippen LogP contribution is -2.40. The number of nitrogens with two attached hydrogens (primary N) is 1. The van der Waals surface area contributed by atoms with Crippen molar-refractivity contribution in [3.8, 4) is 11.5 Å². The first kappa shape index (κ1) is 17.6. The molecule has 6 heteroatoms. The normalized spacial score (nSPS) is 21.1. The molecule has 0 unspecified atom stereocenters. The molecule has 1 aliphatic rings. The van der Waals surface area contributed by atoms with E-state index < -0.39 is 0 Å². The van der Waals surface area contributed by atoms with Crippen LogP contribution in [0.4, 0.5) is 0 Å². The van der Waals surface area contributed by atoms with E-state index >= 15 is 0 Å². The number of benzene rings is 1. The van der Waals surface area contributed by atoms with Crippen molar-refractivity contribution >= 4 is 18.3 Å². The monoisotopic (exact) mass is 314 g/mol. The molecule has 1 aliphatic carbocycles. The maximum absolute atomic E-state index is 12.4. The summed E-state index contributed by atoms with van der Waals surface area (Å²) in [5.74, 6) is 0.909. The number of hydrogen-bond donors (Lipinski definition) is 2. The summed E-state index contributed by atoms with van der Waals surface area (Å²) in [5, 5.41) is 3.05. The summed E-state index contributed by atoms with van der Waals surface area (Å²) < 4.78 is 10.5. The van der Waals surface area contributed by atoms with Crippen molar-refractivity contribution in [1.29, 1.82) is 0 Å². The number of hydrogen-bond acceptors (Lipinski definition) is 4. The minimum atomic E-state index is -0.124. The fourth-order valence-electron chi connectivity index (χ4n) is 2.59. The molecule has 1 fully saturated rings. The molecule has 0 radical (unpaired) electrons. The topological polar surface area (TPSA) is 73.6 Å². The fraction of sp³-hybridized carbons (Fsp3) is 0.533. The maximum atomic E-state index is 12.4. The molecule has 3 N–H and O–H groups in total. The van der Waals surface area contributed by atoms with E-state index in [9.17, 15) is 4.79 Å². The number of nitrogens with one attached hydrogen (secondary N) is 1. The Morgan fingerprint density at radius 2 is 1.86 bits per heavy atom. The van der Waals surface area contributed by atoms with E-state index in [1.54, 1.807) is 25.3 Å². The number of carbonyl (C=O) groups is 1. The van der Waals surface area contributed by atoms with Gasteiger partial charge in [0.2, 0.25) is 0 Å². The summed E-state index contributed by atoms with van der Waals surface area (Å²) in [7, 11) is 3.09. The third-order valence-electron chi connectivity index (χ3n) is 3.75. The molecule has 1 amide bonds. The zero-order valence-electron chi connectivity index (χ0n) is 12.4. The number of carbonyl (C=O) groups excluding carboxylic acids is 1. The van der Waals surface area contributed by atoms with Gasteiger partial charge in [0.15, 0.2) is 11.5 Å². The predicted molar refractivity (Wildman–Crippen MR) is 84.5 cm³/mol. The molecule has 1 aromatic carbocycles. The van der Waals surface area contributed by atoms with Gasteiger partial charge in [0.25, 0.3) is 5.91 Å². The van der Waals surface area contributed by atoms with Crippen LogP contribution in [0.25, 0.3) is 0 Å². The second-order valence-corrected chi connectivity index (χ2v) is 5.13. The van der Waals surface area contributed by atoms with Gasteiger partial charge in [-0.1, -0.05) is 6.07 Å². The molecule has 1 aromatic rings. The summed E-state index contributed by atoms with van der Waals surface area (Å²) in [4.78, 5) is 12.4. The van der Waals surface area contributed by atoms with Crippen LogP contribution in [0, 0.1) is 0 Å². The van der Waals surface area contributed by atoms with E-state index in [2.05, 4.69) is 5.32 Å². The summed E-state index contributed by atoms with van der Waals surface area (Å²) in [6.07, 6.45) is 3.78. The van der Waals surface area contributed by atoms with Gasteiger partial charge in [-0.2, -0.15) is 0 Å². The molecular formula is C15H23ClN2O3. The van der Waals surface area contributed by atoms with Crippen molar-refractivity contribution < 1.29 is 14.3 Å². The number of methoxy groups -OCH3 is 2. The molecule has 0 spiro atoms. The van der Waals surface area contributed by atoms with Gasteiger partial charge >= 0.3 is 0 Å². The lowest BCUT2D eigenvalue weighted by atomic mass is 9.91. The molecule has 0 atom stereocenters. The van der Waals surface area contributed by atoms with Crippen LogP contribution < -0.4 is 20.5 Å². The molecule has 0 bridgehead atoms. The summed E-state index contributed by atoms with van der Waals surface area (Å²) in [5.41, 5.74) is 6.37. The van der Waals surface area contributed by atoms with E-state index in [1.165, 1.54) is 7.11 Å². The lowest BCUT2D eigenvalue weighted by Gasteiger charge is -2.27. The van der Waals surface area contributed by atoms with Gasteiger partial charge in [0.05, 0.1) is 19.8 Å².